The Morgan fingerprint density at radius 3 is 2.53 bits per heavy atom. The summed E-state index contributed by atoms with van der Waals surface area (Å²) in [5.74, 6) is 0.450. The van der Waals surface area contributed by atoms with Gasteiger partial charge in [0.25, 0.3) is 0 Å². The first-order valence-corrected chi connectivity index (χ1v) is 7.09. The van der Waals surface area contributed by atoms with Gasteiger partial charge in [0.2, 0.25) is 0 Å². The zero-order valence-electron chi connectivity index (χ0n) is 9.73. The van der Waals surface area contributed by atoms with Crippen molar-refractivity contribution in [2.24, 2.45) is 0 Å². The number of ketones is 1. The second-order valence-corrected chi connectivity index (χ2v) is 5.99. The standard InChI is InChI=1S/C14H16BrNO/c15-10-3-1-4-11(7-10)16-12-5-2-6-13(16)9-14(17)8-12/h1,3-4,7,12-13H,2,5-6,8-9H2. The molecule has 2 aliphatic heterocycles. The van der Waals surface area contributed by atoms with E-state index in [0.29, 0.717) is 17.9 Å². The molecule has 1 aromatic rings. The van der Waals surface area contributed by atoms with E-state index in [1.165, 1.54) is 12.1 Å². The molecular weight excluding hydrogens is 278 g/mol. The third-order valence-electron chi connectivity index (χ3n) is 3.89. The summed E-state index contributed by atoms with van der Waals surface area (Å²) in [4.78, 5) is 14.2. The van der Waals surface area contributed by atoms with Gasteiger partial charge in [-0.3, -0.25) is 4.79 Å². The fourth-order valence-electron chi connectivity index (χ4n) is 3.23. The molecule has 2 atom stereocenters. The van der Waals surface area contributed by atoms with Gasteiger partial charge in [-0.05, 0) is 37.5 Å². The fraction of sp³-hybridized carbons (Fsp3) is 0.500. The summed E-state index contributed by atoms with van der Waals surface area (Å²) in [6, 6.07) is 9.32. The number of hydrogen-bond donors (Lipinski definition) is 0. The van der Waals surface area contributed by atoms with Crippen molar-refractivity contribution in [1.82, 2.24) is 0 Å². The topological polar surface area (TPSA) is 20.3 Å². The van der Waals surface area contributed by atoms with Gasteiger partial charge in [0.1, 0.15) is 5.78 Å². The van der Waals surface area contributed by atoms with Gasteiger partial charge in [-0.15, -0.1) is 0 Å². The Labute approximate surface area is 110 Å². The molecule has 2 aliphatic rings. The molecule has 2 unspecified atom stereocenters. The first kappa shape index (κ1) is 11.3. The Balaban J connectivity index is 1.94. The van der Waals surface area contributed by atoms with Crippen LogP contribution in [0.1, 0.15) is 32.1 Å². The van der Waals surface area contributed by atoms with Crippen molar-refractivity contribution in [2.75, 3.05) is 4.90 Å². The number of rotatable bonds is 1. The normalized spacial score (nSPS) is 28.3. The minimum Gasteiger partial charge on any atom is -0.365 e. The lowest BCUT2D eigenvalue weighted by Crippen LogP contribution is -2.52. The van der Waals surface area contributed by atoms with Crippen LogP contribution in [0.25, 0.3) is 0 Å². The summed E-state index contributed by atoms with van der Waals surface area (Å²) in [5.41, 5.74) is 1.27. The molecule has 3 heteroatoms. The smallest absolute Gasteiger partial charge is 0.137 e. The zero-order valence-corrected chi connectivity index (χ0v) is 11.3. The van der Waals surface area contributed by atoms with E-state index < -0.39 is 0 Å². The molecule has 0 spiro atoms. The average molecular weight is 294 g/mol. The fourth-order valence-corrected chi connectivity index (χ4v) is 3.62. The van der Waals surface area contributed by atoms with Crippen LogP contribution in [0, 0.1) is 0 Å². The molecule has 3 rings (SSSR count). The van der Waals surface area contributed by atoms with Crippen LogP contribution in [0.15, 0.2) is 28.7 Å². The summed E-state index contributed by atoms with van der Waals surface area (Å²) in [7, 11) is 0. The Kier molecular flexibility index (Phi) is 2.95. The number of nitrogens with zero attached hydrogens (tertiary/aromatic N) is 1. The molecule has 0 aliphatic carbocycles. The third-order valence-corrected chi connectivity index (χ3v) is 4.39. The second kappa shape index (κ2) is 4.45. The zero-order chi connectivity index (χ0) is 11.8. The van der Waals surface area contributed by atoms with Crippen LogP contribution < -0.4 is 4.90 Å². The molecule has 2 nitrogen and oxygen atoms in total. The van der Waals surface area contributed by atoms with Crippen molar-refractivity contribution in [3.8, 4) is 0 Å². The predicted octanol–water partition coefficient (Wildman–Crippen LogP) is 3.54. The minimum atomic E-state index is 0.435. The van der Waals surface area contributed by atoms with Crippen molar-refractivity contribution >= 4 is 27.4 Å². The summed E-state index contributed by atoms with van der Waals surface area (Å²) in [5, 5.41) is 0. The van der Waals surface area contributed by atoms with Gasteiger partial charge < -0.3 is 4.90 Å². The van der Waals surface area contributed by atoms with E-state index in [9.17, 15) is 4.79 Å². The monoisotopic (exact) mass is 293 g/mol. The number of benzene rings is 1. The maximum atomic E-state index is 11.7. The van der Waals surface area contributed by atoms with Crippen molar-refractivity contribution in [2.45, 2.75) is 44.2 Å². The van der Waals surface area contributed by atoms with Crippen LogP contribution in [-0.4, -0.2) is 17.9 Å². The molecule has 0 N–H and O–H groups in total. The Morgan fingerprint density at radius 2 is 1.88 bits per heavy atom. The van der Waals surface area contributed by atoms with Crippen LogP contribution in [-0.2, 0) is 4.79 Å². The number of piperidine rings is 2. The van der Waals surface area contributed by atoms with Crippen molar-refractivity contribution in [3.05, 3.63) is 28.7 Å². The highest BCUT2D eigenvalue weighted by Crippen LogP contribution is 2.37. The van der Waals surface area contributed by atoms with Gasteiger partial charge in [-0.1, -0.05) is 22.0 Å². The van der Waals surface area contributed by atoms with Crippen LogP contribution >= 0.6 is 15.9 Å². The number of hydrogen-bond acceptors (Lipinski definition) is 2. The van der Waals surface area contributed by atoms with Crippen LogP contribution in [0.4, 0.5) is 5.69 Å². The lowest BCUT2D eigenvalue weighted by atomic mass is 9.83. The molecule has 0 saturated carbocycles. The van der Waals surface area contributed by atoms with Crippen LogP contribution in [0.3, 0.4) is 0 Å². The number of carbonyl (C=O) groups is 1. The molecule has 0 aromatic heterocycles. The lowest BCUT2D eigenvalue weighted by molar-refractivity contribution is -0.121. The average Bonchev–Trinajstić information content (AvgIpc) is 2.27. The maximum Gasteiger partial charge on any atom is 0.137 e. The van der Waals surface area contributed by atoms with Crippen molar-refractivity contribution in [3.63, 3.8) is 0 Å². The number of anilines is 1. The van der Waals surface area contributed by atoms with E-state index in [1.54, 1.807) is 0 Å². The minimum absolute atomic E-state index is 0.435. The molecule has 2 fully saturated rings. The van der Waals surface area contributed by atoms with Gasteiger partial charge in [0.15, 0.2) is 0 Å². The Morgan fingerprint density at radius 1 is 1.18 bits per heavy atom. The summed E-state index contributed by atoms with van der Waals surface area (Å²) in [6.45, 7) is 0. The molecule has 0 radical (unpaired) electrons. The first-order valence-electron chi connectivity index (χ1n) is 6.29. The third kappa shape index (κ3) is 2.13. The van der Waals surface area contributed by atoms with Crippen LogP contribution in [0.2, 0.25) is 0 Å². The summed E-state index contributed by atoms with van der Waals surface area (Å²) >= 11 is 3.53. The Hall–Kier alpha value is -0.830. The summed E-state index contributed by atoms with van der Waals surface area (Å²) in [6.07, 6.45) is 5.07. The van der Waals surface area contributed by atoms with Gasteiger partial charge in [-0.25, -0.2) is 0 Å². The van der Waals surface area contributed by atoms with E-state index in [0.717, 1.165) is 30.2 Å². The quantitative estimate of drug-likeness (QED) is 0.789. The molecular formula is C14H16BrNO. The number of Topliss-reactive ketones (excluding diaryl/α,β-unsaturated/α-hetero) is 1. The van der Waals surface area contributed by atoms with E-state index in [1.807, 2.05) is 6.07 Å². The predicted molar refractivity (Wildman–Crippen MR) is 72.3 cm³/mol. The molecule has 2 bridgehead atoms. The molecule has 17 heavy (non-hydrogen) atoms. The molecule has 90 valence electrons. The highest BCUT2D eigenvalue weighted by Gasteiger charge is 2.37. The molecule has 0 amide bonds. The largest absolute Gasteiger partial charge is 0.365 e. The maximum absolute atomic E-state index is 11.7. The van der Waals surface area contributed by atoms with E-state index in [2.05, 4.69) is 39.0 Å². The van der Waals surface area contributed by atoms with E-state index >= 15 is 0 Å². The molecule has 1 aromatic carbocycles. The number of carbonyl (C=O) groups excluding carboxylic acids is 1. The van der Waals surface area contributed by atoms with Gasteiger partial charge >= 0.3 is 0 Å². The highest BCUT2D eigenvalue weighted by atomic mass is 79.9. The molecule has 2 heterocycles. The summed E-state index contributed by atoms with van der Waals surface area (Å²) < 4.78 is 1.12. The SMILES string of the molecule is O=C1CC2CCCC(C1)N2c1cccc(Br)c1. The lowest BCUT2D eigenvalue weighted by Gasteiger charge is -2.47. The number of halogens is 1. The van der Waals surface area contributed by atoms with Crippen molar-refractivity contribution in [1.29, 1.82) is 0 Å². The van der Waals surface area contributed by atoms with Gasteiger partial charge in [-0.2, -0.15) is 0 Å². The van der Waals surface area contributed by atoms with Crippen molar-refractivity contribution < 1.29 is 4.79 Å². The van der Waals surface area contributed by atoms with E-state index in [-0.39, 0.29) is 0 Å². The Bertz CT molecular complexity index is 430. The highest BCUT2D eigenvalue weighted by molar-refractivity contribution is 9.10. The van der Waals surface area contributed by atoms with E-state index in [4.69, 9.17) is 0 Å². The number of fused-ring (bicyclic) bond motifs is 2. The first-order chi connectivity index (χ1) is 8.24. The molecule has 2 saturated heterocycles. The van der Waals surface area contributed by atoms with Gasteiger partial charge in [0.05, 0.1) is 0 Å². The van der Waals surface area contributed by atoms with Gasteiger partial charge in [0, 0.05) is 35.1 Å². The van der Waals surface area contributed by atoms with Crippen LogP contribution in [0.5, 0.6) is 0 Å². The second-order valence-electron chi connectivity index (χ2n) is 5.07.